The predicted octanol–water partition coefficient (Wildman–Crippen LogP) is 3.24. The van der Waals surface area contributed by atoms with Gasteiger partial charge in [0, 0.05) is 22.8 Å². The Morgan fingerprint density at radius 2 is 2.17 bits per heavy atom. The largest absolute Gasteiger partial charge is 0.271 e. The molecular formula is C13H13BrClN3. The summed E-state index contributed by atoms with van der Waals surface area (Å²) in [6, 6.07) is 11.6. The van der Waals surface area contributed by atoms with Crippen molar-refractivity contribution in [3.8, 4) is 0 Å². The molecule has 0 saturated heterocycles. The van der Waals surface area contributed by atoms with Gasteiger partial charge in [0.1, 0.15) is 0 Å². The average Bonchev–Trinajstić information content (AvgIpc) is 2.40. The second-order valence-electron chi connectivity index (χ2n) is 3.92. The van der Waals surface area contributed by atoms with Crippen molar-refractivity contribution in [2.75, 3.05) is 0 Å². The molecule has 0 fully saturated rings. The Kier molecular flexibility index (Phi) is 4.72. The summed E-state index contributed by atoms with van der Waals surface area (Å²) in [6.07, 6.45) is 2.49. The fourth-order valence-electron chi connectivity index (χ4n) is 1.73. The summed E-state index contributed by atoms with van der Waals surface area (Å²) in [5.41, 5.74) is 4.82. The summed E-state index contributed by atoms with van der Waals surface area (Å²) >= 11 is 9.46. The Balaban J connectivity index is 2.20. The Morgan fingerprint density at radius 3 is 2.78 bits per heavy atom. The normalized spacial score (nSPS) is 12.4. The van der Waals surface area contributed by atoms with Gasteiger partial charge in [-0.3, -0.25) is 16.3 Å². The number of hydrogen-bond acceptors (Lipinski definition) is 3. The summed E-state index contributed by atoms with van der Waals surface area (Å²) < 4.78 is 0.876. The van der Waals surface area contributed by atoms with Crippen LogP contribution in [-0.4, -0.2) is 4.98 Å². The molecule has 0 aliphatic carbocycles. The van der Waals surface area contributed by atoms with E-state index < -0.39 is 0 Å². The molecule has 0 bridgehead atoms. The molecule has 5 heteroatoms. The lowest BCUT2D eigenvalue weighted by atomic mass is 10.0. The minimum atomic E-state index is -0.00880. The van der Waals surface area contributed by atoms with Crippen LogP contribution in [0.2, 0.25) is 5.02 Å². The van der Waals surface area contributed by atoms with Gasteiger partial charge in [-0.15, -0.1) is 0 Å². The quantitative estimate of drug-likeness (QED) is 0.670. The maximum Gasteiger partial charge on any atom is 0.0551 e. The molecule has 1 aromatic carbocycles. The SMILES string of the molecule is NNC(Cc1ccccn1)c1ccc(Br)c(Cl)c1. The van der Waals surface area contributed by atoms with Crippen LogP contribution in [0, 0.1) is 0 Å². The van der Waals surface area contributed by atoms with Crippen LogP contribution in [0.5, 0.6) is 0 Å². The van der Waals surface area contributed by atoms with E-state index in [2.05, 4.69) is 26.3 Å². The minimum Gasteiger partial charge on any atom is -0.271 e. The monoisotopic (exact) mass is 325 g/mol. The van der Waals surface area contributed by atoms with E-state index >= 15 is 0 Å². The molecule has 94 valence electrons. The maximum absolute atomic E-state index is 6.09. The summed E-state index contributed by atoms with van der Waals surface area (Å²) in [7, 11) is 0. The van der Waals surface area contributed by atoms with Crippen LogP contribution in [0.3, 0.4) is 0 Å². The van der Waals surface area contributed by atoms with Crippen LogP contribution in [0.4, 0.5) is 0 Å². The van der Waals surface area contributed by atoms with Crippen LogP contribution in [0.15, 0.2) is 47.1 Å². The molecule has 18 heavy (non-hydrogen) atoms. The van der Waals surface area contributed by atoms with E-state index in [4.69, 9.17) is 17.4 Å². The number of aromatic nitrogens is 1. The Hall–Kier alpha value is -0.940. The number of nitrogens with two attached hydrogens (primary N) is 1. The molecule has 3 N–H and O–H groups in total. The van der Waals surface area contributed by atoms with Gasteiger partial charge in [0.2, 0.25) is 0 Å². The molecule has 3 nitrogen and oxygen atoms in total. The summed E-state index contributed by atoms with van der Waals surface area (Å²) in [5.74, 6) is 5.61. The highest BCUT2D eigenvalue weighted by molar-refractivity contribution is 9.10. The number of nitrogens with zero attached hydrogens (tertiary/aromatic N) is 1. The van der Waals surface area contributed by atoms with E-state index in [1.807, 2.05) is 36.4 Å². The molecule has 1 unspecified atom stereocenters. The van der Waals surface area contributed by atoms with Crippen molar-refractivity contribution in [1.82, 2.24) is 10.4 Å². The summed E-state index contributed by atoms with van der Waals surface area (Å²) in [6.45, 7) is 0. The molecule has 2 rings (SSSR count). The van der Waals surface area contributed by atoms with Gasteiger partial charge >= 0.3 is 0 Å². The molecule has 1 aromatic heterocycles. The zero-order valence-corrected chi connectivity index (χ0v) is 11.9. The van der Waals surface area contributed by atoms with Crippen LogP contribution in [-0.2, 0) is 6.42 Å². The molecule has 1 heterocycles. The van der Waals surface area contributed by atoms with E-state index in [1.54, 1.807) is 6.20 Å². The lowest BCUT2D eigenvalue weighted by molar-refractivity contribution is 0.546. The third kappa shape index (κ3) is 3.29. The first-order chi connectivity index (χ1) is 8.70. The van der Waals surface area contributed by atoms with Gasteiger partial charge in [-0.05, 0) is 45.8 Å². The van der Waals surface area contributed by atoms with Crippen molar-refractivity contribution >= 4 is 27.5 Å². The van der Waals surface area contributed by atoms with Crippen molar-refractivity contribution in [1.29, 1.82) is 0 Å². The van der Waals surface area contributed by atoms with Gasteiger partial charge in [0.05, 0.1) is 11.1 Å². The Labute approximate surface area is 119 Å². The lowest BCUT2D eigenvalue weighted by Gasteiger charge is -2.16. The molecule has 0 radical (unpaired) electrons. The molecule has 2 aromatic rings. The smallest absolute Gasteiger partial charge is 0.0551 e. The predicted molar refractivity (Wildman–Crippen MR) is 77.2 cm³/mol. The number of nitrogens with one attached hydrogen (secondary N) is 1. The zero-order valence-electron chi connectivity index (χ0n) is 9.61. The number of pyridine rings is 1. The highest BCUT2D eigenvalue weighted by Gasteiger charge is 2.12. The van der Waals surface area contributed by atoms with E-state index in [1.165, 1.54) is 0 Å². The highest BCUT2D eigenvalue weighted by Crippen LogP contribution is 2.27. The zero-order chi connectivity index (χ0) is 13.0. The second kappa shape index (κ2) is 6.29. The molecular weight excluding hydrogens is 314 g/mol. The van der Waals surface area contributed by atoms with Gasteiger partial charge in [-0.2, -0.15) is 0 Å². The lowest BCUT2D eigenvalue weighted by Crippen LogP contribution is -2.29. The average molecular weight is 327 g/mol. The first-order valence-electron chi connectivity index (χ1n) is 5.51. The first kappa shape index (κ1) is 13.5. The topological polar surface area (TPSA) is 50.9 Å². The highest BCUT2D eigenvalue weighted by atomic mass is 79.9. The van der Waals surface area contributed by atoms with Crippen LogP contribution in [0.25, 0.3) is 0 Å². The van der Waals surface area contributed by atoms with E-state index in [0.29, 0.717) is 5.02 Å². The molecule has 0 amide bonds. The molecule has 0 aliphatic rings. The third-order valence-electron chi connectivity index (χ3n) is 2.69. The van der Waals surface area contributed by atoms with Crippen molar-refractivity contribution < 1.29 is 0 Å². The van der Waals surface area contributed by atoms with Gasteiger partial charge in [0.25, 0.3) is 0 Å². The van der Waals surface area contributed by atoms with Crippen molar-refractivity contribution in [3.05, 3.63) is 63.3 Å². The standard InChI is InChI=1S/C13H13BrClN3/c14-11-5-4-9(7-12(11)15)13(18-16)8-10-3-1-2-6-17-10/h1-7,13,18H,8,16H2. The molecule has 0 saturated carbocycles. The van der Waals surface area contributed by atoms with Gasteiger partial charge < -0.3 is 0 Å². The van der Waals surface area contributed by atoms with E-state index in [0.717, 1.165) is 22.2 Å². The molecule has 0 aliphatic heterocycles. The fourth-order valence-corrected chi connectivity index (χ4v) is 2.17. The second-order valence-corrected chi connectivity index (χ2v) is 5.18. The van der Waals surface area contributed by atoms with E-state index in [9.17, 15) is 0 Å². The maximum atomic E-state index is 6.09. The van der Waals surface area contributed by atoms with Gasteiger partial charge in [-0.1, -0.05) is 23.7 Å². The third-order valence-corrected chi connectivity index (χ3v) is 3.92. The number of halogens is 2. The van der Waals surface area contributed by atoms with Gasteiger partial charge in [0.15, 0.2) is 0 Å². The molecule has 0 spiro atoms. The number of hydrogen-bond donors (Lipinski definition) is 2. The first-order valence-corrected chi connectivity index (χ1v) is 6.69. The molecule has 1 atom stereocenters. The summed E-state index contributed by atoms with van der Waals surface area (Å²) in [4.78, 5) is 4.29. The van der Waals surface area contributed by atoms with Crippen LogP contribution < -0.4 is 11.3 Å². The minimum absolute atomic E-state index is 0.00880. The van der Waals surface area contributed by atoms with Crippen molar-refractivity contribution in [2.45, 2.75) is 12.5 Å². The Bertz CT molecular complexity index is 519. The van der Waals surface area contributed by atoms with Crippen molar-refractivity contribution in [2.24, 2.45) is 5.84 Å². The fraction of sp³-hybridized carbons (Fsp3) is 0.154. The number of rotatable bonds is 4. The van der Waals surface area contributed by atoms with Crippen LogP contribution in [0.1, 0.15) is 17.3 Å². The van der Waals surface area contributed by atoms with Gasteiger partial charge in [-0.25, -0.2) is 0 Å². The van der Waals surface area contributed by atoms with Crippen LogP contribution >= 0.6 is 27.5 Å². The number of benzene rings is 1. The summed E-state index contributed by atoms with van der Waals surface area (Å²) in [5, 5.41) is 0.675. The number of hydrazine groups is 1. The van der Waals surface area contributed by atoms with Crippen molar-refractivity contribution in [3.63, 3.8) is 0 Å². The van der Waals surface area contributed by atoms with E-state index in [-0.39, 0.29) is 6.04 Å². The Morgan fingerprint density at radius 1 is 1.33 bits per heavy atom.